The minimum Gasteiger partial charge on any atom is -0.349 e. The van der Waals surface area contributed by atoms with Crippen molar-refractivity contribution in [2.75, 3.05) is 27.2 Å². The van der Waals surface area contributed by atoms with Crippen LogP contribution in [0, 0.1) is 5.92 Å². The zero-order valence-corrected chi connectivity index (χ0v) is 11.7. The van der Waals surface area contributed by atoms with Gasteiger partial charge in [0.25, 0.3) is 0 Å². The molecule has 0 spiro atoms. The van der Waals surface area contributed by atoms with E-state index in [9.17, 15) is 9.59 Å². The molecule has 1 aliphatic rings. The highest BCUT2D eigenvalue weighted by molar-refractivity contribution is 5.80. The first-order valence-corrected chi connectivity index (χ1v) is 6.70. The highest BCUT2D eigenvalue weighted by Crippen LogP contribution is 2.19. The van der Waals surface area contributed by atoms with Gasteiger partial charge in [0, 0.05) is 45.6 Å². The highest BCUT2D eigenvalue weighted by Gasteiger charge is 2.28. The van der Waals surface area contributed by atoms with Crippen LogP contribution >= 0.6 is 0 Å². The Morgan fingerprint density at radius 1 is 1.33 bits per heavy atom. The molecule has 1 atom stereocenters. The van der Waals surface area contributed by atoms with Crippen LogP contribution in [0.2, 0.25) is 0 Å². The molecule has 1 rings (SSSR count). The first-order valence-electron chi connectivity index (χ1n) is 6.70. The van der Waals surface area contributed by atoms with Crippen molar-refractivity contribution in [3.8, 4) is 0 Å². The Morgan fingerprint density at radius 3 is 2.33 bits per heavy atom. The van der Waals surface area contributed by atoms with Gasteiger partial charge in [0.05, 0.1) is 0 Å². The number of piperidine rings is 1. The second kappa shape index (κ2) is 6.73. The van der Waals surface area contributed by atoms with Gasteiger partial charge in [-0.2, -0.15) is 0 Å². The number of nitrogens with two attached hydrogens (primary N) is 1. The number of nitrogens with zero attached hydrogens (tertiary/aromatic N) is 2. The van der Waals surface area contributed by atoms with E-state index in [1.165, 1.54) is 0 Å². The largest absolute Gasteiger partial charge is 0.349 e. The smallest absolute Gasteiger partial charge is 0.225 e. The molecule has 0 saturated carbocycles. The summed E-state index contributed by atoms with van der Waals surface area (Å²) in [6.45, 7) is 3.35. The van der Waals surface area contributed by atoms with Crippen molar-refractivity contribution in [1.82, 2.24) is 9.80 Å². The summed E-state index contributed by atoms with van der Waals surface area (Å²) in [5.41, 5.74) is 5.79. The molecule has 0 aromatic rings. The SMILES string of the molecule is CCC(N)CC(=O)N1CCC(C(=O)N(C)C)CC1. The van der Waals surface area contributed by atoms with Crippen LogP contribution in [-0.4, -0.2) is 54.8 Å². The van der Waals surface area contributed by atoms with E-state index in [1.807, 2.05) is 11.8 Å². The lowest BCUT2D eigenvalue weighted by Crippen LogP contribution is -2.44. The molecule has 5 heteroatoms. The molecular formula is C13H25N3O2. The summed E-state index contributed by atoms with van der Waals surface area (Å²) in [4.78, 5) is 27.2. The molecule has 1 aliphatic heterocycles. The summed E-state index contributed by atoms with van der Waals surface area (Å²) < 4.78 is 0. The minimum atomic E-state index is -0.0429. The quantitative estimate of drug-likeness (QED) is 0.792. The van der Waals surface area contributed by atoms with Gasteiger partial charge in [-0.3, -0.25) is 9.59 Å². The van der Waals surface area contributed by atoms with Gasteiger partial charge >= 0.3 is 0 Å². The standard InChI is InChI=1S/C13H25N3O2/c1-4-11(14)9-12(17)16-7-5-10(6-8-16)13(18)15(2)3/h10-11H,4-9,14H2,1-3H3. The lowest BCUT2D eigenvalue weighted by atomic mass is 9.95. The van der Waals surface area contributed by atoms with Crippen molar-refractivity contribution in [2.24, 2.45) is 11.7 Å². The third-order valence-electron chi connectivity index (χ3n) is 3.60. The zero-order valence-electron chi connectivity index (χ0n) is 11.7. The molecule has 1 heterocycles. The van der Waals surface area contributed by atoms with Crippen LogP contribution in [0.5, 0.6) is 0 Å². The Morgan fingerprint density at radius 2 is 1.89 bits per heavy atom. The number of hydrogen-bond donors (Lipinski definition) is 1. The molecule has 0 bridgehead atoms. The van der Waals surface area contributed by atoms with E-state index in [2.05, 4.69) is 0 Å². The van der Waals surface area contributed by atoms with Crippen LogP contribution in [-0.2, 0) is 9.59 Å². The fraction of sp³-hybridized carbons (Fsp3) is 0.846. The van der Waals surface area contributed by atoms with Crippen molar-refractivity contribution < 1.29 is 9.59 Å². The molecule has 0 radical (unpaired) electrons. The topological polar surface area (TPSA) is 66.6 Å². The zero-order chi connectivity index (χ0) is 13.7. The summed E-state index contributed by atoms with van der Waals surface area (Å²) in [7, 11) is 3.56. The van der Waals surface area contributed by atoms with Crippen molar-refractivity contribution in [3.63, 3.8) is 0 Å². The van der Waals surface area contributed by atoms with Crippen LogP contribution in [0.4, 0.5) is 0 Å². The normalized spacial score (nSPS) is 18.6. The molecule has 18 heavy (non-hydrogen) atoms. The number of amides is 2. The number of hydrogen-bond acceptors (Lipinski definition) is 3. The van der Waals surface area contributed by atoms with Crippen molar-refractivity contribution in [3.05, 3.63) is 0 Å². The van der Waals surface area contributed by atoms with Crippen molar-refractivity contribution >= 4 is 11.8 Å². The highest BCUT2D eigenvalue weighted by atomic mass is 16.2. The Hall–Kier alpha value is -1.10. The summed E-state index contributed by atoms with van der Waals surface area (Å²) in [5.74, 6) is 0.372. The van der Waals surface area contributed by atoms with Gasteiger partial charge in [0.2, 0.25) is 11.8 Å². The maximum Gasteiger partial charge on any atom is 0.225 e. The summed E-state index contributed by atoms with van der Waals surface area (Å²) in [6.07, 6.45) is 2.78. The molecule has 2 amide bonds. The Bertz CT molecular complexity index is 297. The number of rotatable bonds is 4. The maximum atomic E-state index is 11.9. The maximum absolute atomic E-state index is 11.9. The van der Waals surface area contributed by atoms with Crippen LogP contribution in [0.1, 0.15) is 32.6 Å². The number of carbonyl (C=O) groups is 2. The number of carbonyl (C=O) groups excluding carboxylic acids is 2. The Labute approximate surface area is 109 Å². The molecule has 104 valence electrons. The van der Waals surface area contributed by atoms with Gasteiger partial charge in [0.15, 0.2) is 0 Å². The molecule has 0 aromatic heterocycles. The third-order valence-corrected chi connectivity index (χ3v) is 3.60. The van der Waals surface area contributed by atoms with Crippen LogP contribution in [0.25, 0.3) is 0 Å². The van der Waals surface area contributed by atoms with E-state index >= 15 is 0 Å². The Balaban J connectivity index is 2.39. The van der Waals surface area contributed by atoms with Gasteiger partial charge in [-0.25, -0.2) is 0 Å². The summed E-state index contributed by atoms with van der Waals surface area (Å²) >= 11 is 0. The summed E-state index contributed by atoms with van der Waals surface area (Å²) in [6, 6.07) is -0.0429. The van der Waals surface area contributed by atoms with Gasteiger partial charge in [-0.05, 0) is 19.3 Å². The number of likely N-dealkylation sites (tertiary alicyclic amines) is 1. The first-order chi connectivity index (χ1) is 8.45. The molecule has 5 nitrogen and oxygen atoms in total. The third kappa shape index (κ3) is 3.98. The van der Waals surface area contributed by atoms with Gasteiger partial charge in [-0.1, -0.05) is 6.92 Å². The average molecular weight is 255 g/mol. The van der Waals surface area contributed by atoms with E-state index in [0.717, 1.165) is 19.3 Å². The molecule has 2 N–H and O–H groups in total. The molecule has 1 saturated heterocycles. The van der Waals surface area contributed by atoms with E-state index in [0.29, 0.717) is 19.5 Å². The monoisotopic (exact) mass is 255 g/mol. The molecule has 1 unspecified atom stereocenters. The molecule has 1 fully saturated rings. The van der Waals surface area contributed by atoms with E-state index < -0.39 is 0 Å². The fourth-order valence-corrected chi connectivity index (χ4v) is 2.24. The molecule has 0 aliphatic carbocycles. The van der Waals surface area contributed by atoms with E-state index in [4.69, 9.17) is 5.73 Å². The summed E-state index contributed by atoms with van der Waals surface area (Å²) in [5, 5.41) is 0. The predicted octanol–water partition coefficient (Wildman–Crippen LogP) is 0.441. The van der Waals surface area contributed by atoms with Crippen LogP contribution < -0.4 is 5.73 Å². The van der Waals surface area contributed by atoms with Gasteiger partial charge in [0.1, 0.15) is 0 Å². The molecular weight excluding hydrogens is 230 g/mol. The van der Waals surface area contributed by atoms with Crippen LogP contribution in [0.15, 0.2) is 0 Å². The second-order valence-corrected chi connectivity index (χ2v) is 5.26. The van der Waals surface area contributed by atoms with Crippen molar-refractivity contribution in [1.29, 1.82) is 0 Å². The molecule has 0 aromatic carbocycles. The first kappa shape index (κ1) is 15.0. The van der Waals surface area contributed by atoms with E-state index in [1.54, 1.807) is 19.0 Å². The fourth-order valence-electron chi connectivity index (χ4n) is 2.24. The van der Waals surface area contributed by atoms with Crippen molar-refractivity contribution in [2.45, 2.75) is 38.6 Å². The van der Waals surface area contributed by atoms with Gasteiger partial charge < -0.3 is 15.5 Å². The second-order valence-electron chi connectivity index (χ2n) is 5.26. The predicted molar refractivity (Wildman–Crippen MR) is 70.9 cm³/mol. The lowest BCUT2D eigenvalue weighted by molar-refractivity contribution is -0.139. The minimum absolute atomic E-state index is 0.0429. The van der Waals surface area contributed by atoms with Gasteiger partial charge in [-0.15, -0.1) is 0 Å². The van der Waals surface area contributed by atoms with Crippen LogP contribution in [0.3, 0.4) is 0 Å². The average Bonchev–Trinajstić information content (AvgIpc) is 2.37. The van der Waals surface area contributed by atoms with E-state index in [-0.39, 0.29) is 23.8 Å². The lowest BCUT2D eigenvalue weighted by Gasteiger charge is -2.33. The Kier molecular flexibility index (Phi) is 5.59.